The van der Waals surface area contributed by atoms with Gasteiger partial charge in [-0.3, -0.25) is 4.68 Å². The fraction of sp³-hybridized carbons (Fsp3) is 0.800. The molecule has 1 heterocycles. The molecule has 1 aliphatic rings. The summed E-state index contributed by atoms with van der Waals surface area (Å²) < 4.78 is 7.34. The third-order valence-electron chi connectivity index (χ3n) is 4.45. The van der Waals surface area contributed by atoms with Crippen molar-refractivity contribution in [3.8, 4) is 5.75 Å². The SMILES string of the molecule is COc1cnn(C(C)C)c1C1(O)CC(C)CCC1C. The van der Waals surface area contributed by atoms with Crippen LogP contribution in [-0.2, 0) is 5.60 Å². The van der Waals surface area contributed by atoms with Gasteiger partial charge in [0.1, 0.15) is 11.3 Å². The highest BCUT2D eigenvalue weighted by Gasteiger charge is 2.45. The second kappa shape index (κ2) is 5.16. The van der Waals surface area contributed by atoms with E-state index < -0.39 is 5.60 Å². The largest absolute Gasteiger partial charge is 0.493 e. The molecule has 0 bridgehead atoms. The molecular weight excluding hydrogens is 240 g/mol. The van der Waals surface area contributed by atoms with Crippen LogP contribution in [0, 0.1) is 11.8 Å². The summed E-state index contributed by atoms with van der Waals surface area (Å²) in [6.07, 6.45) is 4.73. The smallest absolute Gasteiger partial charge is 0.162 e. The maximum atomic E-state index is 11.3. The molecule has 4 nitrogen and oxygen atoms in total. The number of ether oxygens (including phenoxy) is 1. The van der Waals surface area contributed by atoms with Crippen LogP contribution in [0.3, 0.4) is 0 Å². The fourth-order valence-electron chi connectivity index (χ4n) is 3.24. The van der Waals surface area contributed by atoms with Crippen molar-refractivity contribution in [2.24, 2.45) is 11.8 Å². The van der Waals surface area contributed by atoms with E-state index in [0.29, 0.717) is 11.7 Å². The summed E-state index contributed by atoms with van der Waals surface area (Å²) in [4.78, 5) is 0. The Bertz CT molecular complexity index is 441. The number of aliphatic hydroxyl groups is 1. The summed E-state index contributed by atoms with van der Waals surface area (Å²) in [7, 11) is 1.64. The van der Waals surface area contributed by atoms with Crippen LogP contribution in [0.1, 0.15) is 58.7 Å². The second-order valence-corrected chi connectivity index (χ2v) is 6.31. The quantitative estimate of drug-likeness (QED) is 0.914. The molecule has 4 heteroatoms. The third kappa shape index (κ3) is 2.38. The number of nitrogens with zero attached hydrogens (tertiary/aromatic N) is 2. The molecule has 1 N–H and O–H groups in total. The average Bonchev–Trinajstić information content (AvgIpc) is 2.78. The molecule has 0 spiro atoms. The van der Waals surface area contributed by atoms with Gasteiger partial charge < -0.3 is 9.84 Å². The topological polar surface area (TPSA) is 47.3 Å². The van der Waals surface area contributed by atoms with Crippen LogP contribution in [0.2, 0.25) is 0 Å². The third-order valence-corrected chi connectivity index (χ3v) is 4.45. The van der Waals surface area contributed by atoms with Gasteiger partial charge in [0.2, 0.25) is 0 Å². The van der Waals surface area contributed by atoms with Crippen molar-refractivity contribution in [2.75, 3.05) is 7.11 Å². The van der Waals surface area contributed by atoms with Crippen LogP contribution >= 0.6 is 0 Å². The minimum atomic E-state index is -0.830. The minimum absolute atomic E-state index is 0.215. The first kappa shape index (κ1) is 14.4. The Morgan fingerprint density at radius 2 is 2.11 bits per heavy atom. The zero-order valence-corrected chi connectivity index (χ0v) is 12.7. The molecule has 0 aliphatic heterocycles. The molecule has 1 saturated carbocycles. The lowest BCUT2D eigenvalue weighted by Crippen LogP contribution is -2.41. The van der Waals surface area contributed by atoms with Gasteiger partial charge in [-0.05, 0) is 38.5 Å². The second-order valence-electron chi connectivity index (χ2n) is 6.31. The Morgan fingerprint density at radius 1 is 1.42 bits per heavy atom. The lowest BCUT2D eigenvalue weighted by molar-refractivity contribution is -0.0713. The molecule has 3 unspecified atom stereocenters. The van der Waals surface area contributed by atoms with Crippen LogP contribution in [0.15, 0.2) is 6.20 Å². The first-order valence-corrected chi connectivity index (χ1v) is 7.24. The van der Waals surface area contributed by atoms with Crippen LogP contribution in [0.4, 0.5) is 0 Å². The van der Waals surface area contributed by atoms with E-state index >= 15 is 0 Å². The number of methoxy groups -OCH3 is 1. The standard InChI is InChI=1S/C15H26N2O2/c1-10(2)17-14(13(19-5)9-16-17)15(18)8-11(3)6-7-12(15)4/h9-12,18H,6-8H2,1-5H3. The highest BCUT2D eigenvalue weighted by Crippen LogP contribution is 2.47. The van der Waals surface area contributed by atoms with Crippen LogP contribution in [-0.4, -0.2) is 22.0 Å². The maximum Gasteiger partial charge on any atom is 0.162 e. The molecule has 2 rings (SSSR count). The van der Waals surface area contributed by atoms with Crippen molar-refractivity contribution in [1.29, 1.82) is 0 Å². The van der Waals surface area contributed by atoms with Gasteiger partial charge in [0.25, 0.3) is 0 Å². The molecule has 3 atom stereocenters. The number of hydrogen-bond acceptors (Lipinski definition) is 3. The zero-order chi connectivity index (χ0) is 14.2. The summed E-state index contributed by atoms with van der Waals surface area (Å²) in [6, 6.07) is 0.215. The fourth-order valence-corrected chi connectivity index (χ4v) is 3.24. The van der Waals surface area contributed by atoms with E-state index in [4.69, 9.17) is 4.74 Å². The molecule has 1 aromatic heterocycles. The Morgan fingerprint density at radius 3 is 2.68 bits per heavy atom. The molecule has 0 saturated heterocycles. The molecule has 0 aromatic carbocycles. The van der Waals surface area contributed by atoms with Crippen molar-refractivity contribution in [3.05, 3.63) is 11.9 Å². The van der Waals surface area contributed by atoms with E-state index in [9.17, 15) is 5.11 Å². The number of rotatable bonds is 3. The van der Waals surface area contributed by atoms with E-state index in [2.05, 4.69) is 32.8 Å². The van der Waals surface area contributed by atoms with Gasteiger partial charge in [-0.15, -0.1) is 0 Å². The van der Waals surface area contributed by atoms with E-state index in [1.165, 1.54) is 6.42 Å². The summed E-state index contributed by atoms with van der Waals surface area (Å²) in [6.45, 7) is 8.49. The molecule has 0 radical (unpaired) electrons. The van der Waals surface area contributed by atoms with E-state index in [0.717, 1.165) is 18.5 Å². The lowest BCUT2D eigenvalue weighted by Gasteiger charge is -2.41. The summed E-state index contributed by atoms with van der Waals surface area (Å²) in [5.74, 6) is 1.46. The van der Waals surface area contributed by atoms with Gasteiger partial charge in [0.05, 0.1) is 13.3 Å². The Labute approximate surface area is 115 Å². The highest BCUT2D eigenvalue weighted by atomic mass is 16.5. The maximum absolute atomic E-state index is 11.3. The Hall–Kier alpha value is -1.03. The Kier molecular flexibility index (Phi) is 3.90. The Balaban J connectivity index is 2.51. The van der Waals surface area contributed by atoms with Crippen molar-refractivity contribution >= 4 is 0 Å². The van der Waals surface area contributed by atoms with E-state index in [1.54, 1.807) is 13.3 Å². The van der Waals surface area contributed by atoms with Crippen molar-refractivity contribution in [3.63, 3.8) is 0 Å². The first-order valence-electron chi connectivity index (χ1n) is 7.24. The molecular formula is C15H26N2O2. The first-order chi connectivity index (χ1) is 8.90. The molecule has 19 heavy (non-hydrogen) atoms. The molecule has 108 valence electrons. The van der Waals surface area contributed by atoms with Gasteiger partial charge in [-0.2, -0.15) is 5.10 Å². The predicted octanol–water partition coefficient (Wildman–Crippen LogP) is 3.12. The summed E-state index contributed by atoms with van der Waals surface area (Å²) >= 11 is 0. The lowest BCUT2D eigenvalue weighted by atomic mass is 9.70. The van der Waals surface area contributed by atoms with Crippen molar-refractivity contribution in [2.45, 2.75) is 58.6 Å². The van der Waals surface area contributed by atoms with Gasteiger partial charge in [-0.25, -0.2) is 0 Å². The van der Waals surface area contributed by atoms with E-state index in [1.807, 2.05) is 4.68 Å². The van der Waals surface area contributed by atoms with Gasteiger partial charge in [0, 0.05) is 6.04 Å². The minimum Gasteiger partial charge on any atom is -0.493 e. The van der Waals surface area contributed by atoms with Crippen LogP contribution in [0.25, 0.3) is 0 Å². The van der Waals surface area contributed by atoms with Gasteiger partial charge in [0.15, 0.2) is 5.75 Å². The van der Waals surface area contributed by atoms with Gasteiger partial charge >= 0.3 is 0 Å². The molecule has 1 fully saturated rings. The molecule has 1 aromatic rings. The van der Waals surface area contributed by atoms with E-state index in [-0.39, 0.29) is 12.0 Å². The average molecular weight is 266 g/mol. The summed E-state index contributed by atoms with van der Waals surface area (Å²) in [5, 5.41) is 15.7. The zero-order valence-electron chi connectivity index (χ0n) is 12.7. The number of aromatic nitrogens is 2. The predicted molar refractivity (Wildman–Crippen MR) is 75.2 cm³/mol. The number of hydrogen-bond donors (Lipinski definition) is 1. The molecule has 1 aliphatic carbocycles. The van der Waals surface area contributed by atoms with Crippen molar-refractivity contribution in [1.82, 2.24) is 9.78 Å². The van der Waals surface area contributed by atoms with Crippen molar-refractivity contribution < 1.29 is 9.84 Å². The molecule has 0 amide bonds. The summed E-state index contributed by atoms with van der Waals surface area (Å²) in [5.41, 5.74) is 0.0214. The normalized spacial score (nSPS) is 31.7. The highest BCUT2D eigenvalue weighted by molar-refractivity contribution is 5.32. The van der Waals surface area contributed by atoms with Crippen LogP contribution < -0.4 is 4.74 Å². The monoisotopic (exact) mass is 266 g/mol. The van der Waals surface area contributed by atoms with Gasteiger partial charge in [-0.1, -0.05) is 20.3 Å². The van der Waals surface area contributed by atoms with Crippen LogP contribution in [0.5, 0.6) is 5.75 Å².